The normalized spacial score (nSPS) is 10.0. The van der Waals surface area contributed by atoms with Crippen LogP contribution in [0.4, 0.5) is 11.4 Å². The second-order valence-corrected chi connectivity index (χ2v) is 5.88. The summed E-state index contributed by atoms with van der Waals surface area (Å²) in [5.41, 5.74) is 0.849. The summed E-state index contributed by atoms with van der Waals surface area (Å²) < 4.78 is 9.77. The molecule has 2 N–H and O–H groups in total. The number of benzene rings is 2. The molecule has 0 heterocycles. The van der Waals surface area contributed by atoms with E-state index in [-0.39, 0.29) is 11.4 Å². The van der Waals surface area contributed by atoms with Crippen LogP contribution in [0.5, 0.6) is 5.75 Å². The SMILES string of the molecule is COc1ccc(C(=O)NCC(=O)OCC(=O)Nc2ccc(C)c([N+](=O)[O-])c2)cc1. The number of hydrogen-bond acceptors (Lipinski definition) is 7. The number of nitro benzene ring substituents is 1. The molecule has 0 bridgehead atoms. The van der Waals surface area contributed by atoms with Crippen molar-refractivity contribution < 1.29 is 28.8 Å². The predicted octanol–water partition coefficient (Wildman–Crippen LogP) is 1.82. The molecule has 0 spiro atoms. The molecule has 29 heavy (non-hydrogen) atoms. The van der Waals surface area contributed by atoms with Crippen molar-refractivity contribution in [3.05, 3.63) is 63.7 Å². The van der Waals surface area contributed by atoms with E-state index in [4.69, 9.17) is 9.47 Å². The van der Waals surface area contributed by atoms with Crippen molar-refractivity contribution in [2.45, 2.75) is 6.92 Å². The Bertz CT molecular complexity index is 926. The van der Waals surface area contributed by atoms with E-state index in [0.717, 1.165) is 0 Å². The lowest BCUT2D eigenvalue weighted by Gasteiger charge is -2.08. The van der Waals surface area contributed by atoms with Gasteiger partial charge in [0.05, 0.1) is 12.0 Å². The average molecular weight is 401 g/mol. The van der Waals surface area contributed by atoms with Crippen LogP contribution in [0, 0.1) is 17.0 Å². The molecular weight excluding hydrogens is 382 g/mol. The maximum Gasteiger partial charge on any atom is 0.325 e. The molecule has 2 aromatic rings. The van der Waals surface area contributed by atoms with Gasteiger partial charge < -0.3 is 20.1 Å². The molecule has 0 aliphatic heterocycles. The molecule has 0 aliphatic rings. The van der Waals surface area contributed by atoms with E-state index in [1.54, 1.807) is 19.1 Å². The Balaban J connectivity index is 1.78. The molecule has 0 atom stereocenters. The second kappa shape index (κ2) is 9.83. The number of amides is 2. The number of aryl methyl sites for hydroxylation is 1. The summed E-state index contributed by atoms with van der Waals surface area (Å²) in [5.74, 6) is -1.37. The van der Waals surface area contributed by atoms with Gasteiger partial charge in [0.25, 0.3) is 17.5 Å². The van der Waals surface area contributed by atoms with Crippen molar-refractivity contribution in [1.29, 1.82) is 0 Å². The lowest BCUT2D eigenvalue weighted by Crippen LogP contribution is -2.32. The number of carbonyl (C=O) groups excluding carboxylic acids is 3. The summed E-state index contributed by atoms with van der Waals surface area (Å²) in [6.45, 7) is 0.554. The van der Waals surface area contributed by atoms with Gasteiger partial charge in [0, 0.05) is 22.9 Å². The molecule has 0 aliphatic carbocycles. The summed E-state index contributed by atoms with van der Waals surface area (Å²) in [5, 5.41) is 15.7. The van der Waals surface area contributed by atoms with Crippen molar-refractivity contribution in [3.8, 4) is 5.75 Å². The third-order valence-corrected chi connectivity index (χ3v) is 3.80. The first-order chi connectivity index (χ1) is 13.8. The van der Waals surface area contributed by atoms with Gasteiger partial charge in [-0.05, 0) is 37.3 Å². The van der Waals surface area contributed by atoms with Gasteiger partial charge in [-0.2, -0.15) is 0 Å². The first kappa shape index (κ1) is 21.4. The predicted molar refractivity (Wildman–Crippen MR) is 103 cm³/mol. The summed E-state index contributed by atoms with van der Waals surface area (Å²) in [4.78, 5) is 45.9. The summed E-state index contributed by atoms with van der Waals surface area (Å²) in [6, 6.07) is 10.5. The molecule has 2 aromatic carbocycles. The number of nitrogens with one attached hydrogen (secondary N) is 2. The summed E-state index contributed by atoms with van der Waals surface area (Å²) >= 11 is 0. The number of carbonyl (C=O) groups is 3. The monoisotopic (exact) mass is 401 g/mol. The van der Waals surface area contributed by atoms with E-state index in [1.165, 1.54) is 37.4 Å². The molecule has 2 rings (SSSR count). The van der Waals surface area contributed by atoms with E-state index in [2.05, 4.69) is 10.6 Å². The van der Waals surface area contributed by atoms with Crippen molar-refractivity contribution in [3.63, 3.8) is 0 Å². The average Bonchev–Trinajstić information content (AvgIpc) is 2.71. The zero-order valence-electron chi connectivity index (χ0n) is 15.8. The molecule has 2 amide bonds. The fourth-order valence-electron chi connectivity index (χ4n) is 2.27. The number of methoxy groups -OCH3 is 1. The molecule has 0 radical (unpaired) electrons. The molecule has 10 nitrogen and oxygen atoms in total. The minimum absolute atomic E-state index is 0.138. The van der Waals surface area contributed by atoms with Crippen LogP contribution in [-0.2, 0) is 14.3 Å². The summed E-state index contributed by atoms with van der Waals surface area (Å²) in [7, 11) is 1.50. The van der Waals surface area contributed by atoms with Gasteiger partial charge in [0.1, 0.15) is 12.3 Å². The van der Waals surface area contributed by atoms with Gasteiger partial charge in [0.15, 0.2) is 6.61 Å². The van der Waals surface area contributed by atoms with Gasteiger partial charge in [-0.1, -0.05) is 6.07 Å². The number of ether oxygens (including phenoxy) is 2. The van der Waals surface area contributed by atoms with Crippen LogP contribution in [0.25, 0.3) is 0 Å². The topological polar surface area (TPSA) is 137 Å². The summed E-state index contributed by atoms with van der Waals surface area (Å²) in [6.07, 6.45) is 0. The van der Waals surface area contributed by atoms with Crippen LogP contribution in [-0.4, -0.2) is 43.0 Å². The van der Waals surface area contributed by atoms with Gasteiger partial charge >= 0.3 is 5.97 Å². The van der Waals surface area contributed by atoms with Gasteiger partial charge in [-0.3, -0.25) is 24.5 Å². The van der Waals surface area contributed by atoms with Crippen LogP contribution in [0.1, 0.15) is 15.9 Å². The number of esters is 1. The third kappa shape index (κ3) is 6.31. The molecule has 0 aromatic heterocycles. The van der Waals surface area contributed by atoms with Crippen molar-refractivity contribution in [2.24, 2.45) is 0 Å². The van der Waals surface area contributed by atoms with Crippen LogP contribution >= 0.6 is 0 Å². The van der Waals surface area contributed by atoms with E-state index in [1.807, 2.05) is 0 Å². The van der Waals surface area contributed by atoms with E-state index in [0.29, 0.717) is 16.9 Å². The Kier molecular flexibility index (Phi) is 7.24. The Morgan fingerprint density at radius 1 is 1.10 bits per heavy atom. The van der Waals surface area contributed by atoms with Gasteiger partial charge in [-0.25, -0.2) is 0 Å². The number of anilines is 1. The third-order valence-electron chi connectivity index (χ3n) is 3.80. The Morgan fingerprint density at radius 3 is 2.41 bits per heavy atom. The van der Waals surface area contributed by atoms with Crippen LogP contribution < -0.4 is 15.4 Å². The number of rotatable bonds is 8. The molecule has 0 unspecified atom stereocenters. The van der Waals surface area contributed by atoms with E-state index >= 15 is 0 Å². The number of nitrogens with zero attached hydrogens (tertiary/aromatic N) is 1. The number of nitro groups is 1. The molecule has 152 valence electrons. The van der Waals surface area contributed by atoms with Crippen LogP contribution in [0.3, 0.4) is 0 Å². The van der Waals surface area contributed by atoms with Crippen molar-refractivity contribution in [2.75, 3.05) is 25.6 Å². The Morgan fingerprint density at radius 2 is 1.79 bits per heavy atom. The van der Waals surface area contributed by atoms with Gasteiger partial charge in [0.2, 0.25) is 0 Å². The van der Waals surface area contributed by atoms with Crippen LogP contribution in [0.15, 0.2) is 42.5 Å². The number of hydrogen-bond donors (Lipinski definition) is 2. The maximum atomic E-state index is 11.9. The van der Waals surface area contributed by atoms with E-state index < -0.39 is 35.9 Å². The standard InChI is InChI=1S/C19H19N3O7/c1-12-3-6-14(9-16(12)22(26)27)21-17(23)11-29-18(24)10-20-19(25)13-4-7-15(28-2)8-5-13/h3-9H,10-11H2,1-2H3,(H,20,25)(H,21,23). The van der Waals surface area contributed by atoms with Crippen molar-refractivity contribution in [1.82, 2.24) is 5.32 Å². The molecule has 10 heteroatoms. The minimum Gasteiger partial charge on any atom is -0.497 e. The Hall–Kier alpha value is -3.95. The quantitative estimate of drug-likeness (QED) is 0.391. The molecular formula is C19H19N3O7. The van der Waals surface area contributed by atoms with Crippen molar-refractivity contribution >= 4 is 29.2 Å². The lowest BCUT2D eigenvalue weighted by atomic mass is 10.2. The smallest absolute Gasteiger partial charge is 0.325 e. The Labute approximate surface area is 166 Å². The highest BCUT2D eigenvalue weighted by molar-refractivity contribution is 5.96. The fourth-order valence-corrected chi connectivity index (χ4v) is 2.27. The molecule has 0 saturated heterocycles. The minimum atomic E-state index is -0.808. The molecule has 0 saturated carbocycles. The second-order valence-electron chi connectivity index (χ2n) is 5.88. The lowest BCUT2D eigenvalue weighted by molar-refractivity contribution is -0.385. The zero-order chi connectivity index (χ0) is 21.4. The fraction of sp³-hybridized carbons (Fsp3) is 0.211. The van der Waals surface area contributed by atoms with E-state index in [9.17, 15) is 24.5 Å². The van der Waals surface area contributed by atoms with Crippen LogP contribution in [0.2, 0.25) is 0 Å². The van der Waals surface area contributed by atoms with Gasteiger partial charge in [-0.15, -0.1) is 0 Å². The first-order valence-corrected chi connectivity index (χ1v) is 8.43. The highest BCUT2D eigenvalue weighted by Crippen LogP contribution is 2.22. The largest absolute Gasteiger partial charge is 0.497 e. The first-order valence-electron chi connectivity index (χ1n) is 8.43. The highest BCUT2D eigenvalue weighted by atomic mass is 16.6. The maximum absolute atomic E-state index is 11.9. The highest BCUT2D eigenvalue weighted by Gasteiger charge is 2.14. The molecule has 0 fully saturated rings. The zero-order valence-corrected chi connectivity index (χ0v) is 15.8.